The summed E-state index contributed by atoms with van der Waals surface area (Å²) in [6.07, 6.45) is 1.55. The molecule has 0 radical (unpaired) electrons. The molecular formula is C12H11ClN4O3. The van der Waals surface area contributed by atoms with Crippen LogP contribution in [-0.4, -0.2) is 21.4 Å². The first kappa shape index (κ1) is 14.0. The fourth-order valence-electron chi connectivity index (χ4n) is 1.46. The van der Waals surface area contributed by atoms with E-state index in [1.165, 1.54) is 18.2 Å². The van der Waals surface area contributed by atoms with E-state index in [1.54, 1.807) is 12.3 Å². The van der Waals surface area contributed by atoms with Crippen molar-refractivity contribution >= 4 is 23.2 Å². The van der Waals surface area contributed by atoms with Crippen LogP contribution < -0.4 is 10.1 Å². The van der Waals surface area contributed by atoms with E-state index in [4.69, 9.17) is 16.3 Å². The van der Waals surface area contributed by atoms with Crippen LogP contribution in [0.25, 0.3) is 0 Å². The lowest BCUT2D eigenvalue weighted by atomic mass is 10.3. The van der Waals surface area contributed by atoms with Gasteiger partial charge in [0.2, 0.25) is 11.8 Å². The van der Waals surface area contributed by atoms with Gasteiger partial charge >= 0.3 is 0 Å². The zero-order valence-electron chi connectivity index (χ0n) is 10.5. The SMILES string of the molecule is CCNc1nccc(Oc2ccc([N+](=O)[O-])c(Cl)c2)n1. The summed E-state index contributed by atoms with van der Waals surface area (Å²) >= 11 is 5.80. The lowest BCUT2D eigenvalue weighted by Crippen LogP contribution is -2.02. The van der Waals surface area contributed by atoms with Crippen LogP contribution in [0.5, 0.6) is 11.6 Å². The molecular weight excluding hydrogens is 284 g/mol. The van der Waals surface area contributed by atoms with E-state index in [1.807, 2.05) is 6.92 Å². The summed E-state index contributed by atoms with van der Waals surface area (Å²) in [5, 5.41) is 13.6. The highest BCUT2D eigenvalue weighted by Gasteiger charge is 2.13. The zero-order valence-corrected chi connectivity index (χ0v) is 11.3. The molecule has 2 aromatic rings. The molecule has 1 aromatic carbocycles. The highest BCUT2D eigenvalue weighted by atomic mass is 35.5. The van der Waals surface area contributed by atoms with Crippen molar-refractivity contribution < 1.29 is 9.66 Å². The second-order valence-corrected chi connectivity index (χ2v) is 4.13. The third-order valence-corrected chi connectivity index (χ3v) is 2.61. The number of rotatable bonds is 5. The lowest BCUT2D eigenvalue weighted by molar-refractivity contribution is -0.384. The minimum atomic E-state index is -0.555. The molecule has 0 saturated heterocycles. The highest BCUT2D eigenvalue weighted by Crippen LogP contribution is 2.30. The number of nitro benzene ring substituents is 1. The van der Waals surface area contributed by atoms with Gasteiger partial charge < -0.3 is 10.1 Å². The number of aromatic nitrogens is 2. The predicted octanol–water partition coefficient (Wildman–Crippen LogP) is 3.26. The molecule has 0 fully saturated rings. The third-order valence-electron chi connectivity index (χ3n) is 2.30. The molecule has 20 heavy (non-hydrogen) atoms. The van der Waals surface area contributed by atoms with Gasteiger partial charge in [-0.25, -0.2) is 4.98 Å². The van der Waals surface area contributed by atoms with Crippen LogP contribution in [-0.2, 0) is 0 Å². The molecule has 104 valence electrons. The van der Waals surface area contributed by atoms with Gasteiger partial charge in [0.05, 0.1) is 4.92 Å². The van der Waals surface area contributed by atoms with Gasteiger partial charge in [-0.1, -0.05) is 11.6 Å². The van der Waals surface area contributed by atoms with Crippen molar-refractivity contribution in [2.45, 2.75) is 6.92 Å². The predicted molar refractivity (Wildman–Crippen MR) is 74.4 cm³/mol. The minimum absolute atomic E-state index is 0.00784. The monoisotopic (exact) mass is 294 g/mol. The molecule has 8 heteroatoms. The van der Waals surface area contributed by atoms with Crippen molar-refractivity contribution in [2.24, 2.45) is 0 Å². The maximum absolute atomic E-state index is 10.7. The number of nitrogens with zero attached hydrogens (tertiary/aromatic N) is 3. The highest BCUT2D eigenvalue weighted by molar-refractivity contribution is 6.32. The number of nitrogens with one attached hydrogen (secondary N) is 1. The summed E-state index contributed by atoms with van der Waals surface area (Å²) in [4.78, 5) is 18.2. The molecule has 1 aromatic heterocycles. The quantitative estimate of drug-likeness (QED) is 0.672. The Bertz CT molecular complexity index is 636. The lowest BCUT2D eigenvalue weighted by Gasteiger charge is -2.06. The summed E-state index contributed by atoms with van der Waals surface area (Å²) in [7, 11) is 0. The van der Waals surface area contributed by atoms with E-state index in [0.29, 0.717) is 24.1 Å². The second kappa shape index (κ2) is 6.16. The van der Waals surface area contributed by atoms with Crippen LogP contribution in [0.2, 0.25) is 5.02 Å². The van der Waals surface area contributed by atoms with Gasteiger partial charge in [-0.2, -0.15) is 4.98 Å². The van der Waals surface area contributed by atoms with Crippen molar-refractivity contribution in [3.05, 3.63) is 45.6 Å². The standard InChI is InChI=1S/C12H11ClN4O3/c1-2-14-12-15-6-5-11(16-12)20-8-3-4-10(17(18)19)9(13)7-8/h3-7H,2H2,1H3,(H,14,15,16). The number of anilines is 1. The molecule has 0 atom stereocenters. The van der Waals surface area contributed by atoms with E-state index >= 15 is 0 Å². The van der Waals surface area contributed by atoms with Gasteiger partial charge in [0.25, 0.3) is 5.69 Å². The molecule has 0 bridgehead atoms. The molecule has 0 aliphatic carbocycles. The summed E-state index contributed by atoms with van der Waals surface area (Å²) < 4.78 is 5.48. The molecule has 0 aliphatic rings. The van der Waals surface area contributed by atoms with Crippen molar-refractivity contribution in [3.8, 4) is 11.6 Å². The van der Waals surface area contributed by atoms with Gasteiger partial charge in [-0.15, -0.1) is 0 Å². The van der Waals surface area contributed by atoms with Crippen LogP contribution >= 0.6 is 11.6 Å². The Hall–Kier alpha value is -2.41. The Labute approximate surface area is 119 Å². The number of nitro groups is 1. The van der Waals surface area contributed by atoms with Crippen molar-refractivity contribution in [3.63, 3.8) is 0 Å². The molecule has 7 nitrogen and oxygen atoms in total. The molecule has 1 N–H and O–H groups in total. The van der Waals surface area contributed by atoms with Crippen LogP contribution in [0.1, 0.15) is 6.92 Å². The Balaban J connectivity index is 2.19. The number of ether oxygens (including phenoxy) is 1. The third kappa shape index (κ3) is 3.33. The smallest absolute Gasteiger partial charge is 0.288 e. The van der Waals surface area contributed by atoms with E-state index < -0.39 is 4.92 Å². The van der Waals surface area contributed by atoms with Gasteiger partial charge in [-0.05, 0) is 13.0 Å². The van der Waals surface area contributed by atoms with E-state index in [-0.39, 0.29) is 10.7 Å². The average molecular weight is 295 g/mol. The summed E-state index contributed by atoms with van der Waals surface area (Å²) in [6, 6.07) is 5.69. The van der Waals surface area contributed by atoms with Crippen molar-refractivity contribution in [2.75, 3.05) is 11.9 Å². The van der Waals surface area contributed by atoms with Gasteiger partial charge in [-0.3, -0.25) is 10.1 Å². The van der Waals surface area contributed by atoms with Gasteiger partial charge in [0.15, 0.2) is 0 Å². The number of benzene rings is 1. The maximum atomic E-state index is 10.7. The number of halogens is 1. The fourth-order valence-corrected chi connectivity index (χ4v) is 1.70. The molecule has 1 heterocycles. The minimum Gasteiger partial charge on any atom is -0.439 e. The Morgan fingerprint density at radius 2 is 2.25 bits per heavy atom. The van der Waals surface area contributed by atoms with Crippen LogP contribution in [0.3, 0.4) is 0 Å². The van der Waals surface area contributed by atoms with Crippen molar-refractivity contribution in [1.82, 2.24) is 9.97 Å². The van der Waals surface area contributed by atoms with E-state index in [2.05, 4.69) is 15.3 Å². The largest absolute Gasteiger partial charge is 0.439 e. The van der Waals surface area contributed by atoms with Gasteiger partial charge in [0, 0.05) is 30.9 Å². The summed E-state index contributed by atoms with van der Waals surface area (Å²) in [5.41, 5.74) is -0.171. The maximum Gasteiger partial charge on any atom is 0.288 e. The molecule has 0 amide bonds. The fraction of sp³-hybridized carbons (Fsp3) is 0.167. The Kier molecular flexibility index (Phi) is 4.31. The normalized spacial score (nSPS) is 10.1. The molecule has 2 rings (SSSR count). The van der Waals surface area contributed by atoms with E-state index in [9.17, 15) is 10.1 Å². The second-order valence-electron chi connectivity index (χ2n) is 3.72. The summed E-state index contributed by atoms with van der Waals surface area (Å²) in [5.74, 6) is 1.13. The molecule has 0 spiro atoms. The van der Waals surface area contributed by atoms with Gasteiger partial charge in [0.1, 0.15) is 10.8 Å². The van der Waals surface area contributed by atoms with Crippen LogP contribution in [0.15, 0.2) is 30.5 Å². The Morgan fingerprint density at radius 1 is 1.45 bits per heavy atom. The first-order valence-electron chi connectivity index (χ1n) is 5.79. The van der Waals surface area contributed by atoms with E-state index in [0.717, 1.165) is 0 Å². The molecule has 0 unspecified atom stereocenters. The zero-order chi connectivity index (χ0) is 14.5. The van der Waals surface area contributed by atoms with Crippen molar-refractivity contribution in [1.29, 1.82) is 0 Å². The molecule has 0 saturated carbocycles. The number of hydrogen-bond donors (Lipinski definition) is 1. The topological polar surface area (TPSA) is 90.2 Å². The van der Waals surface area contributed by atoms with Crippen LogP contribution in [0.4, 0.5) is 11.6 Å². The first-order valence-corrected chi connectivity index (χ1v) is 6.16. The average Bonchev–Trinajstić information content (AvgIpc) is 2.39. The van der Waals surface area contributed by atoms with Crippen LogP contribution in [0, 0.1) is 10.1 Å². The first-order chi connectivity index (χ1) is 9.60. The summed E-state index contributed by atoms with van der Waals surface area (Å²) in [6.45, 7) is 2.61. The molecule has 0 aliphatic heterocycles. The number of hydrogen-bond acceptors (Lipinski definition) is 6. The Morgan fingerprint density at radius 3 is 2.90 bits per heavy atom.